The van der Waals surface area contributed by atoms with Crippen molar-refractivity contribution < 1.29 is 25.6 Å². The van der Waals surface area contributed by atoms with Crippen molar-refractivity contribution in [2.45, 2.75) is 6.42 Å². The fourth-order valence-corrected chi connectivity index (χ4v) is 3.17. The molecule has 2 bridgehead atoms. The van der Waals surface area contributed by atoms with Gasteiger partial charge in [-0.3, -0.25) is 0 Å². The zero-order valence-corrected chi connectivity index (χ0v) is 10.8. The van der Waals surface area contributed by atoms with E-state index in [1.165, 1.54) is 6.42 Å². The van der Waals surface area contributed by atoms with E-state index in [1.807, 2.05) is 0 Å². The average molecular weight is 371 g/mol. The van der Waals surface area contributed by atoms with Crippen LogP contribution >= 0.6 is 0 Å². The molecule has 4 unspecified atom stereocenters. The van der Waals surface area contributed by atoms with Crippen molar-refractivity contribution in [3.8, 4) is 12.3 Å². The number of hydrogen-bond donors (Lipinski definition) is 1. The number of allylic oxidation sites excluding steroid dienone is 4. The summed E-state index contributed by atoms with van der Waals surface area (Å²) in [5.74, 6) is 4.60. The van der Waals surface area contributed by atoms with Crippen molar-refractivity contribution in [3.63, 3.8) is 0 Å². The normalized spacial score (nSPS) is 42.3. The summed E-state index contributed by atoms with van der Waals surface area (Å²) in [7, 11) is 0. The van der Waals surface area contributed by atoms with Crippen molar-refractivity contribution in [2.75, 3.05) is 0 Å². The Balaban J connectivity index is 0.000000853. The van der Waals surface area contributed by atoms with Crippen molar-refractivity contribution in [1.29, 1.82) is 0 Å². The number of rotatable bonds is 0. The SMILES string of the molecule is C#CC1=CC2C3C=CC(C3)C2/C1=N/O.[Re]. The second kappa shape index (κ2) is 3.63. The third kappa shape index (κ3) is 1.26. The fourth-order valence-electron chi connectivity index (χ4n) is 3.17. The van der Waals surface area contributed by atoms with E-state index in [1.54, 1.807) is 0 Å². The van der Waals surface area contributed by atoms with Gasteiger partial charge in [-0.2, -0.15) is 0 Å². The first kappa shape index (κ1) is 10.7. The van der Waals surface area contributed by atoms with Crippen LogP contribution in [0.15, 0.2) is 29.0 Å². The Kier molecular flexibility index (Phi) is 2.59. The Morgan fingerprint density at radius 1 is 1.40 bits per heavy atom. The molecule has 77 valence electrons. The van der Waals surface area contributed by atoms with Crippen LogP contribution in [-0.4, -0.2) is 10.9 Å². The number of hydrogen-bond acceptors (Lipinski definition) is 2. The summed E-state index contributed by atoms with van der Waals surface area (Å²) in [5.41, 5.74) is 1.52. The molecular formula is C12H11NORe. The van der Waals surface area contributed by atoms with Crippen molar-refractivity contribution in [1.82, 2.24) is 0 Å². The van der Waals surface area contributed by atoms with Crippen LogP contribution in [0.2, 0.25) is 0 Å². The van der Waals surface area contributed by atoms with Gasteiger partial charge in [0.15, 0.2) is 0 Å². The topological polar surface area (TPSA) is 32.6 Å². The molecule has 4 atom stereocenters. The second-order valence-corrected chi connectivity index (χ2v) is 4.26. The van der Waals surface area contributed by atoms with Crippen LogP contribution in [0.3, 0.4) is 0 Å². The van der Waals surface area contributed by atoms with Crippen LogP contribution < -0.4 is 0 Å². The van der Waals surface area contributed by atoms with Gasteiger partial charge in [0.05, 0.1) is 5.71 Å². The van der Waals surface area contributed by atoms with Gasteiger partial charge in [-0.25, -0.2) is 0 Å². The maximum Gasteiger partial charge on any atom is 0.0991 e. The third-order valence-electron chi connectivity index (χ3n) is 3.73. The molecule has 15 heavy (non-hydrogen) atoms. The van der Waals surface area contributed by atoms with Gasteiger partial charge in [0, 0.05) is 31.9 Å². The Bertz CT molecular complexity index is 416. The molecule has 0 heterocycles. The van der Waals surface area contributed by atoms with Crippen molar-refractivity contribution in [3.05, 3.63) is 23.8 Å². The summed E-state index contributed by atoms with van der Waals surface area (Å²) in [6, 6.07) is 0. The molecule has 3 aliphatic rings. The molecule has 0 aromatic carbocycles. The number of oxime groups is 1. The van der Waals surface area contributed by atoms with Gasteiger partial charge in [-0.1, -0.05) is 29.3 Å². The molecule has 0 aromatic rings. The molecule has 0 amide bonds. The molecule has 1 fully saturated rings. The summed E-state index contributed by atoms with van der Waals surface area (Å²) in [6.45, 7) is 0. The van der Waals surface area contributed by atoms with Crippen molar-refractivity contribution in [2.24, 2.45) is 28.8 Å². The maximum atomic E-state index is 8.97. The van der Waals surface area contributed by atoms with Gasteiger partial charge in [0.2, 0.25) is 0 Å². The molecule has 0 saturated heterocycles. The predicted molar refractivity (Wildman–Crippen MR) is 53.9 cm³/mol. The average Bonchev–Trinajstić information content (AvgIpc) is 2.87. The molecule has 3 rings (SSSR count). The molecule has 1 radical (unpaired) electrons. The van der Waals surface area contributed by atoms with Crippen LogP contribution in [0, 0.1) is 36.0 Å². The standard InChI is InChI=1S/C12H11NO.Re/c1-2-7-6-10-8-3-4-9(5-8)11(10)12(7)13-14;/h1,3-4,6,8-11,14H,5H2;/b13-12+;. The number of terminal acetylenes is 1. The molecule has 3 aliphatic carbocycles. The molecule has 0 spiro atoms. The first-order valence-corrected chi connectivity index (χ1v) is 4.94. The molecule has 0 aliphatic heterocycles. The van der Waals surface area contributed by atoms with E-state index in [-0.39, 0.29) is 20.4 Å². The molecule has 1 N–H and O–H groups in total. The zero-order valence-electron chi connectivity index (χ0n) is 8.10. The molecule has 1 saturated carbocycles. The van der Waals surface area contributed by atoms with Crippen molar-refractivity contribution >= 4 is 5.71 Å². The summed E-state index contributed by atoms with van der Waals surface area (Å²) >= 11 is 0. The Labute approximate surface area is 103 Å². The van der Waals surface area contributed by atoms with E-state index < -0.39 is 0 Å². The monoisotopic (exact) mass is 372 g/mol. The van der Waals surface area contributed by atoms with E-state index in [0.717, 1.165) is 11.3 Å². The van der Waals surface area contributed by atoms with Gasteiger partial charge >= 0.3 is 0 Å². The van der Waals surface area contributed by atoms with Gasteiger partial charge in [-0.15, -0.1) is 6.42 Å². The Morgan fingerprint density at radius 2 is 2.13 bits per heavy atom. The first-order valence-electron chi connectivity index (χ1n) is 4.94. The van der Waals surface area contributed by atoms with Gasteiger partial charge in [0.1, 0.15) is 0 Å². The zero-order chi connectivity index (χ0) is 9.71. The smallest absolute Gasteiger partial charge is 0.0991 e. The summed E-state index contributed by atoms with van der Waals surface area (Å²) in [5, 5.41) is 12.3. The van der Waals surface area contributed by atoms with Crippen LogP contribution in [0.5, 0.6) is 0 Å². The minimum absolute atomic E-state index is 0. The number of nitrogens with zero attached hydrogens (tertiary/aromatic N) is 1. The molecular weight excluding hydrogens is 360 g/mol. The van der Waals surface area contributed by atoms with E-state index in [2.05, 4.69) is 29.3 Å². The fraction of sp³-hybridized carbons (Fsp3) is 0.417. The summed E-state index contributed by atoms with van der Waals surface area (Å²) in [6.07, 6.45) is 13.2. The van der Waals surface area contributed by atoms with Gasteiger partial charge < -0.3 is 5.21 Å². The quantitative estimate of drug-likeness (QED) is 0.300. The minimum Gasteiger partial charge on any atom is -0.411 e. The minimum atomic E-state index is 0. The van der Waals surface area contributed by atoms with E-state index in [9.17, 15) is 0 Å². The summed E-state index contributed by atoms with van der Waals surface area (Å²) in [4.78, 5) is 0. The van der Waals surface area contributed by atoms with Gasteiger partial charge in [-0.05, 0) is 24.2 Å². The van der Waals surface area contributed by atoms with Crippen LogP contribution in [0.1, 0.15) is 6.42 Å². The van der Waals surface area contributed by atoms with E-state index >= 15 is 0 Å². The number of fused-ring (bicyclic) bond motifs is 5. The maximum absolute atomic E-state index is 8.97. The third-order valence-corrected chi connectivity index (χ3v) is 3.73. The van der Waals surface area contributed by atoms with E-state index in [0.29, 0.717) is 23.7 Å². The Hall–Kier alpha value is -0.828. The van der Waals surface area contributed by atoms with Crippen LogP contribution in [-0.2, 0) is 20.4 Å². The van der Waals surface area contributed by atoms with Gasteiger partial charge in [0.25, 0.3) is 0 Å². The van der Waals surface area contributed by atoms with Crippen LogP contribution in [0.4, 0.5) is 0 Å². The van der Waals surface area contributed by atoms with Crippen LogP contribution in [0.25, 0.3) is 0 Å². The summed E-state index contributed by atoms with van der Waals surface area (Å²) < 4.78 is 0. The molecule has 0 aromatic heterocycles. The van der Waals surface area contributed by atoms with E-state index in [4.69, 9.17) is 11.6 Å². The first-order chi connectivity index (χ1) is 6.85. The predicted octanol–water partition coefficient (Wildman–Crippen LogP) is 1.83. The Morgan fingerprint density at radius 3 is 2.80 bits per heavy atom. The molecule has 3 heteroatoms. The largest absolute Gasteiger partial charge is 0.411 e. The molecule has 2 nitrogen and oxygen atoms in total. The second-order valence-electron chi connectivity index (χ2n) is 4.26.